The molecule has 1 saturated heterocycles. The summed E-state index contributed by atoms with van der Waals surface area (Å²) in [5.41, 5.74) is -3.43. The predicted molar refractivity (Wildman–Crippen MR) is 129 cm³/mol. The Hall–Kier alpha value is -3.28. The molecule has 208 valence electrons. The Morgan fingerprint density at radius 3 is 1.95 bits per heavy atom. The van der Waals surface area contributed by atoms with Gasteiger partial charge in [0.1, 0.15) is 5.54 Å². The number of carbonyl (C=O) groups is 2. The molecular formula is C26H30F6N4O2. The second-order valence-electron chi connectivity index (χ2n) is 9.34. The number of amides is 3. The average molecular weight is 545 g/mol. The summed E-state index contributed by atoms with van der Waals surface area (Å²) < 4.78 is 79.1. The zero-order valence-electron chi connectivity index (χ0n) is 21.0. The molecule has 0 bridgehead atoms. The van der Waals surface area contributed by atoms with E-state index in [0.29, 0.717) is 43.6 Å². The zero-order chi connectivity index (χ0) is 28.1. The minimum Gasteiger partial charge on any atom is -0.354 e. The van der Waals surface area contributed by atoms with Crippen molar-refractivity contribution in [1.29, 1.82) is 0 Å². The molecule has 0 aliphatic carbocycles. The molecule has 0 saturated carbocycles. The van der Waals surface area contributed by atoms with Gasteiger partial charge in [-0.1, -0.05) is 30.3 Å². The molecule has 38 heavy (non-hydrogen) atoms. The summed E-state index contributed by atoms with van der Waals surface area (Å²) in [5, 5.41) is 8.07. The summed E-state index contributed by atoms with van der Waals surface area (Å²) in [6, 6.07) is 9.99. The molecule has 3 N–H and O–H groups in total. The summed E-state index contributed by atoms with van der Waals surface area (Å²) >= 11 is 0. The van der Waals surface area contributed by atoms with Gasteiger partial charge in [-0.25, -0.2) is 4.79 Å². The molecule has 1 aliphatic rings. The predicted octanol–water partition coefficient (Wildman–Crippen LogP) is 4.69. The second-order valence-corrected chi connectivity index (χ2v) is 9.34. The summed E-state index contributed by atoms with van der Waals surface area (Å²) in [7, 11) is 1.52. The van der Waals surface area contributed by atoms with Crippen molar-refractivity contribution in [2.45, 2.75) is 50.1 Å². The fourth-order valence-corrected chi connectivity index (χ4v) is 4.60. The van der Waals surface area contributed by atoms with Crippen molar-refractivity contribution in [3.63, 3.8) is 0 Å². The highest BCUT2D eigenvalue weighted by Gasteiger charge is 2.42. The molecule has 6 nitrogen and oxygen atoms in total. The van der Waals surface area contributed by atoms with Crippen LogP contribution in [0.15, 0.2) is 48.5 Å². The van der Waals surface area contributed by atoms with Crippen molar-refractivity contribution >= 4 is 11.9 Å². The Morgan fingerprint density at radius 2 is 1.45 bits per heavy atom. The third-order valence-corrected chi connectivity index (χ3v) is 6.81. The third-order valence-electron chi connectivity index (χ3n) is 6.81. The van der Waals surface area contributed by atoms with Gasteiger partial charge in [0.15, 0.2) is 0 Å². The van der Waals surface area contributed by atoms with Crippen LogP contribution in [0.1, 0.15) is 42.0 Å². The Morgan fingerprint density at radius 1 is 0.895 bits per heavy atom. The number of piperidine rings is 1. The highest BCUT2D eigenvalue weighted by atomic mass is 19.4. The molecule has 3 amide bonds. The van der Waals surface area contributed by atoms with Gasteiger partial charge in [-0.3, -0.25) is 9.69 Å². The molecule has 2 aromatic carbocycles. The van der Waals surface area contributed by atoms with Crippen LogP contribution in [0.3, 0.4) is 0 Å². The van der Waals surface area contributed by atoms with Gasteiger partial charge < -0.3 is 16.0 Å². The molecule has 3 rings (SSSR count). The van der Waals surface area contributed by atoms with Crippen LogP contribution >= 0.6 is 0 Å². The molecular weight excluding hydrogens is 514 g/mol. The van der Waals surface area contributed by atoms with E-state index < -0.39 is 34.9 Å². The maximum Gasteiger partial charge on any atom is 0.416 e. The topological polar surface area (TPSA) is 73.5 Å². The van der Waals surface area contributed by atoms with Gasteiger partial charge in [-0.05, 0) is 55.5 Å². The molecule has 0 spiro atoms. The van der Waals surface area contributed by atoms with Gasteiger partial charge >= 0.3 is 18.4 Å². The van der Waals surface area contributed by atoms with Crippen molar-refractivity contribution in [3.8, 4) is 0 Å². The first-order valence-corrected chi connectivity index (χ1v) is 12.1. The van der Waals surface area contributed by atoms with Crippen molar-refractivity contribution in [1.82, 2.24) is 20.9 Å². The third kappa shape index (κ3) is 6.97. The maximum absolute atomic E-state index is 13.5. The Kier molecular flexibility index (Phi) is 8.96. The van der Waals surface area contributed by atoms with Gasteiger partial charge in [-0.15, -0.1) is 0 Å². The fraction of sp³-hybridized carbons (Fsp3) is 0.462. The molecule has 1 heterocycles. The number of nitrogens with zero attached hydrogens (tertiary/aromatic N) is 1. The number of urea groups is 1. The van der Waals surface area contributed by atoms with Crippen LogP contribution in [0.4, 0.5) is 31.1 Å². The molecule has 1 atom stereocenters. The van der Waals surface area contributed by atoms with Crippen LogP contribution in [0.2, 0.25) is 0 Å². The van der Waals surface area contributed by atoms with E-state index in [1.54, 1.807) is 37.3 Å². The van der Waals surface area contributed by atoms with Crippen LogP contribution in [0.5, 0.6) is 0 Å². The summed E-state index contributed by atoms with van der Waals surface area (Å²) in [4.78, 5) is 27.1. The number of rotatable bonds is 7. The van der Waals surface area contributed by atoms with E-state index in [1.165, 1.54) is 7.05 Å². The second kappa shape index (κ2) is 11.6. The molecule has 1 aliphatic heterocycles. The van der Waals surface area contributed by atoms with E-state index in [0.717, 1.165) is 0 Å². The van der Waals surface area contributed by atoms with Crippen LogP contribution < -0.4 is 16.0 Å². The molecule has 2 aromatic rings. The van der Waals surface area contributed by atoms with Crippen molar-refractivity contribution in [2.24, 2.45) is 0 Å². The highest BCUT2D eigenvalue weighted by molar-refractivity contribution is 5.87. The van der Waals surface area contributed by atoms with E-state index in [-0.39, 0.29) is 36.7 Å². The lowest BCUT2D eigenvalue weighted by molar-refractivity contribution is -0.143. The number of benzene rings is 2. The molecule has 1 unspecified atom stereocenters. The minimum absolute atomic E-state index is 0.0713. The molecule has 0 aromatic heterocycles. The van der Waals surface area contributed by atoms with Gasteiger partial charge in [0, 0.05) is 32.7 Å². The lowest BCUT2D eigenvalue weighted by atomic mass is 9.86. The number of halogens is 6. The van der Waals surface area contributed by atoms with E-state index in [4.69, 9.17) is 0 Å². The van der Waals surface area contributed by atoms with E-state index in [2.05, 4.69) is 16.0 Å². The Labute approximate surface area is 216 Å². The average Bonchev–Trinajstić information content (AvgIpc) is 2.87. The lowest BCUT2D eigenvalue weighted by Gasteiger charge is -2.44. The number of alkyl halides is 6. The van der Waals surface area contributed by atoms with E-state index >= 15 is 0 Å². The number of likely N-dealkylation sites (tertiary alicyclic amines) is 1. The summed E-state index contributed by atoms with van der Waals surface area (Å²) in [6.07, 6.45) is -8.92. The normalized spacial score (nSPS) is 16.9. The number of nitrogens with one attached hydrogen (secondary N) is 3. The largest absolute Gasteiger partial charge is 0.416 e. The number of hydrogen-bond acceptors (Lipinski definition) is 3. The minimum atomic E-state index is -4.94. The van der Waals surface area contributed by atoms with Crippen molar-refractivity contribution in [3.05, 3.63) is 70.8 Å². The lowest BCUT2D eigenvalue weighted by Crippen LogP contribution is -2.58. The van der Waals surface area contributed by atoms with Crippen LogP contribution in [0.25, 0.3) is 0 Å². The monoisotopic (exact) mass is 544 g/mol. The van der Waals surface area contributed by atoms with E-state index in [1.807, 2.05) is 4.90 Å². The SMILES string of the molecule is CNC(=O)NC1CCN(C(C)(C(=O)NCCc2cc(C(F)(F)F)cc(C(F)(F)F)c2)c2ccccc2)CC1. The quantitative estimate of drug-likeness (QED) is 0.443. The maximum atomic E-state index is 13.5. The Balaban J connectivity index is 1.76. The van der Waals surface area contributed by atoms with E-state index in [9.17, 15) is 35.9 Å². The number of hydrogen-bond donors (Lipinski definition) is 3. The van der Waals surface area contributed by atoms with Crippen LogP contribution in [0, 0.1) is 0 Å². The molecule has 0 radical (unpaired) electrons. The van der Waals surface area contributed by atoms with Crippen LogP contribution in [-0.2, 0) is 29.1 Å². The van der Waals surface area contributed by atoms with Gasteiger partial charge in [-0.2, -0.15) is 26.3 Å². The standard InChI is InChI=1S/C26H30F6N4O2/c1-24(18-6-4-3-5-7-18,36-12-9-21(10-13-36)35-23(38)33-2)22(37)34-11-8-17-14-19(25(27,28)29)16-20(15-17)26(30,31)32/h3-7,14-16,21H,8-13H2,1-2H3,(H,34,37)(H2,33,35,38). The van der Waals surface area contributed by atoms with Gasteiger partial charge in [0.05, 0.1) is 11.1 Å². The van der Waals surface area contributed by atoms with Gasteiger partial charge in [0.25, 0.3) is 0 Å². The first-order chi connectivity index (χ1) is 17.7. The Bertz CT molecular complexity index is 1080. The molecule has 1 fully saturated rings. The summed E-state index contributed by atoms with van der Waals surface area (Å²) in [5.74, 6) is -0.426. The zero-order valence-corrected chi connectivity index (χ0v) is 21.0. The fourth-order valence-electron chi connectivity index (χ4n) is 4.60. The first kappa shape index (κ1) is 29.3. The summed E-state index contributed by atoms with van der Waals surface area (Å²) in [6.45, 7) is 2.54. The number of carbonyl (C=O) groups excluding carboxylic acids is 2. The van der Waals surface area contributed by atoms with Gasteiger partial charge in [0.2, 0.25) is 5.91 Å². The first-order valence-electron chi connectivity index (χ1n) is 12.1. The van der Waals surface area contributed by atoms with Crippen molar-refractivity contribution in [2.75, 3.05) is 26.7 Å². The molecule has 12 heteroatoms. The highest BCUT2D eigenvalue weighted by Crippen LogP contribution is 2.36. The van der Waals surface area contributed by atoms with Crippen LogP contribution in [-0.4, -0.2) is 49.6 Å². The smallest absolute Gasteiger partial charge is 0.354 e. The van der Waals surface area contributed by atoms with Crippen molar-refractivity contribution < 1.29 is 35.9 Å².